The number of nitrogens with zero attached hydrogens (tertiary/aromatic N) is 1. The molecule has 1 atom stereocenters. The van der Waals surface area contributed by atoms with Crippen molar-refractivity contribution in [2.45, 2.75) is 64.0 Å². The maximum Gasteiger partial charge on any atom is 0.260 e. The molecule has 0 spiro atoms. The van der Waals surface area contributed by atoms with Crippen LogP contribution in [-0.4, -0.2) is 55.3 Å². The second kappa shape index (κ2) is 9.56. The van der Waals surface area contributed by atoms with Crippen molar-refractivity contribution >= 4 is 5.91 Å². The van der Waals surface area contributed by atoms with Gasteiger partial charge in [0.25, 0.3) is 5.91 Å². The summed E-state index contributed by atoms with van der Waals surface area (Å²) in [6.07, 6.45) is 6.59. The molecule has 5 nitrogen and oxygen atoms in total. The highest BCUT2D eigenvalue weighted by atomic mass is 16.5. The van der Waals surface area contributed by atoms with E-state index in [-0.39, 0.29) is 11.4 Å². The van der Waals surface area contributed by atoms with Crippen LogP contribution < -0.4 is 10.1 Å². The van der Waals surface area contributed by atoms with Gasteiger partial charge in [-0.3, -0.25) is 9.69 Å². The Bertz CT molecular complexity index is 590. The fraction of sp³-hybridized carbons (Fsp3) is 0.682. The van der Waals surface area contributed by atoms with E-state index in [4.69, 9.17) is 9.47 Å². The first-order valence-corrected chi connectivity index (χ1v) is 10.5. The largest absolute Gasteiger partial charge is 0.481 e. The monoisotopic (exact) mass is 374 g/mol. The van der Waals surface area contributed by atoms with Gasteiger partial charge in [0.05, 0.1) is 13.2 Å². The Morgan fingerprint density at radius 3 is 2.48 bits per heavy atom. The van der Waals surface area contributed by atoms with Crippen LogP contribution in [0.15, 0.2) is 24.3 Å². The van der Waals surface area contributed by atoms with E-state index in [1.54, 1.807) is 0 Å². The molecule has 1 heterocycles. The number of amides is 1. The number of aryl methyl sites for hydroxylation is 1. The van der Waals surface area contributed by atoms with E-state index in [1.165, 1.54) is 24.8 Å². The summed E-state index contributed by atoms with van der Waals surface area (Å²) >= 11 is 0. The highest BCUT2D eigenvalue weighted by Gasteiger charge is 2.39. The van der Waals surface area contributed by atoms with Crippen LogP contribution in [0.2, 0.25) is 0 Å². The van der Waals surface area contributed by atoms with Crippen molar-refractivity contribution in [3.8, 4) is 5.75 Å². The quantitative estimate of drug-likeness (QED) is 0.796. The average molecular weight is 375 g/mol. The van der Waals surface area contributed by atoms with Crippen molar-refractivity contribution in [1.29, 1.82) is 0 Å². The fourth-order valence-electron chi connectivity index (χ4n) is 4.31. The number of rotatable bonds is 7. The molecular formula is C22H34N2O3. The maximum absolute atomic E-state index is 12.7. The molecule has 0 bridgehead atoms. The smallest absolute Gasteiger partial charge is 0.260 e. The number of nitrogens with one attached hydrogen (secondary N) is 1. The van der Waals surface area contributed by atoms with Crippen LogP contribution in [0.4, 0.5) is 0 Å². The van der Waals surface area contributed by atoms with E-state index in [0.29, 0.717) is 6.54 Å². The van der Waals surface area contributed by atoms with E-state index < -0.39 is 6.10 Å². The number of morpholine rings is 1. The fourth-order valence-corrected chi connectivity index (χ4v) is 4.31. The predicted molar refractivity (Wildman–Crippen MR) is 107 cm³/mol. The van der Waals surface area contributed by atoms with Crippen molar-refractivity contribution in [3.05, 3.63) is 29.8 Å². The van der Waals surface area contributed by atoms with Gasteiger partial charge >= 0.3 is 0 Å². The van der Waals surface area contributed by atoms with Crippen LogP contribution in [0.1, 0.15) is 51.5 Å². The molecule has 5 heteroatoms. The van der Waals surface area contributed by atoms with Crippen LogP contribution >= 0.6 is 0 Å². The van der Waals surface area contributed by atoms with Crippen molar-refractivity contribution in [2.75, 3.05) is 32.8 Å². The van der Waals surface area contributed by atoms with Gasteiger partial charge < -0.3 is 14.8 Å². The molecule has 1 amide bonds. The molecule has 27 heavy (non-hydrogen) atoms. The summed E-state index contributed by atoms with van der Waals surface area (Å²) in [5.41, 5.74) is 1.35. The third kappa shape index (κ3) is 5.23. The van der Waals surface area contributed by atoms with E-state index in [0.717, 1.165) is 51.3 Å². The zero-order valence-corrected chi connectivity index (χ0v) is 16.8. The molecule has 1 aliphatic heterocycles. The lowest BCUT2D eigenvalue weighted by molar-refractivity contribution is -0.128. The number of carbonyl (C=O) groups excluding carboxylic acids is 1. The molecule has 2 fully saturated rings. The highest BCUT2D eigenvalue weighted by molar-refractivity contribution is 5.80. The van der Waals surface area contributed by atoms with Gasteiger partial charge in [-0.15, -0.1) is 0 Å². The van der Waals surface area contributed by atoms with Gasteiger partial charge in [-0.1, -0.05) is 38.3 Å². The summed E-state index contributed by atoms with van der Waals surface area (Å²) in [6, 6.07) is 7.99. The summed E-state index contributed by atoms with van der Waals surface area (Å²) < 4.78 is 11.4. The lowest BCUT2D eigenvalue weighted by Gasteiger charge is -2.48. The summed E-state index contributed by atoms with van der Waals surface area (Å²) in [5, 5.41) is 3.19. The Hall–Kier alpha value is -1.59. The van der Waals surface area contributed by atoms with Gasteiger partial charge in [0, 0.05) is 25.2 Å². The van der Waals surface area contributed by atoms with Gasteiger partial charge in [0.15, 0.2) is 6.10 Å². The number of benzene rings is 1. The topological polar surface area (TPSA) is 50.8 Å². The first-order valence-electron chi connectivity index (χ1n) is 10.5. The molecule has 1 N–H and O–H groups in total. The number of hydrogen-bond donors (Lipinski definition) is 1. The first kappa shape index (κ1) is 20.2. The molecule has 2 aliphatic rings. The van der Waals surface area contributed by atoms with Crippen molar-refractivity contribution in [1.82, 2.24) is 10.2 Å². The minimum Gasteiger partial charge on any atom is -0.481 e. The molecule has 1 saturated carbocycles. The Labute approximate surface area is 163 Å². The SMILES string of the molecule is CCc1ccc(O[C@@H](C)C(=O)NCC2(N3CCOCC3)CCCCC2)cc1. The van der Waals surface area contributed by atoms with Crippen LogP contribution in [0.3, 0.4) is 0 Å². The van der Waals surface area contributed by atoms with E-state index in [2.05, 4.69) is 29.3 Å². The Balaban J connectivity index is 1.56. The summed E-state index contributed by atoms with van der Waals surface area (Å²) in [7, 11) is 0. The summed E-state index contributed by atoms with van der Waals surface area (Å²) in [5.74, 6) is 0.711. The van der Waals surface area contributed by atoms with Crippen LogP contribution in [0.25, 0.3) is 0 Å². The van der Waals surface area contributed by atoms with Gasteiger partial charge in [0.2, 0.25) is 0 Å². The highest BCUT2D eigenvalue weighted by Crippen LogP contribution is 2.33. The van der Waals surface area contributed by atoms with Crippen LogP contribution in [0.5, 0.6) is 5.75 Å². The maximum atomic E-state index is 12.7. The molecule has 3 rings (SSSR count). The van der Waals surface area contributed by atoms with Crippen LogP contribution in [-0.2, 0) is 16.0 Å². The number of carbonyl (C=O) groups is 1. The predicted octanol–water partition coefficient (Wildman–Crippen LogP) is 3.17. The Morgan fingerprint density at radius 2 is 1.85 bits per heavy atom. The molecule has 1 aromatic carbocycles. The Kier molecular flexibility index (Phi) is 7.13. The summed E-state index contributed by atoms with van der Waals surface area (Å²) in [6.45, 7) is 8.17. The number of hydrogen-bond acceptors (Lipinski definition) is 4. The lowest BCUT2D eigenvalue weighted by atomic mass is 9.79. The minimum absolute atomic E-state index is 0.0345. The lowest BCUT2D eigenvalue weighted by Crippen LogP contribution is -2.60. The van der Waals surface area contributed by atoms with E-state index in [1.807, 2.05) is 19.1 Å². The van der Waals surface area contributed by atoms with Gasteiger partial charge in [0.1, 0.15) is 5.75 Å². The molecule has 1 saturated heterocycles. The Morgan fingerprint density at radius 1 is 1.19 bits per heavy atom. The van der Waals surface area contributed by atoms with Crippen molar-refractivity contribution in [3.63, 3.8) is 0 Å². The molecule has 1 aliphatic carbocycles. The molecule has 0 unspecified atom stereocenters. The third-order valence-electron chi connectivity index (χ3n) is 6.07. The molecule has 1 aromatic rings. The number of ether oxygens (including phenoxy) is 2. The minimum atomic E-state index is -0.497. The zero-order chi connectivity index (χ0) is 19.1. The van der Waals surface area contributed by atoms with E-state index in [9.17, 15) is 4.79 Å². The second-order valence-corrected chi connectivity index (χ2v) is 7.86. The van der Waals surface area contributed by atoms with Crippen LogP contribution in [0, 0.1) is 0 Å². The zero-order valence-electron chi connectivity index (χ0n) is 16.8. The molecule has 0 aromatic heterocycles. The second-order valence-electron chi connectivity index (χ2n) is 7.86. The molecule has 0 radical (unpaired) electrons. The van der Waals surface area contributed by atoms with E-state index >= 15 is 0 Å². The first-order chi connectivity index (χ1) is 13.1. The van der Waals surface area contributed by atoms with Gasteiger partial charge in [-0.05, 0) is 43.9 Å². The van der Waals surface area contributed by atoms with Gasteiger partial charge in [-0.25, -0.2) is 0 Å². The molecular weight excluding hydrogens is 340 g/mol. The normalized spacial score (nSPS) is 21.4. The standard InChI is InChI=1S/C22H34N2O3/c1-3-19-7-9-20(10-8-19)27-18(2)21(25)23-17-22(11-5-4-6-12-22)24-13-15-26-16-14-24/h7-10,18H,3-6,11-17H2,1-2H3,(H,23,25)/t18-/m0/s1. The van der Waals surface area contributed by atoms with Gasteiger partial charge in [-0.2, -0.15) is 0 Å². The van der Waals surface area contributed by atoms with Crippen molar-refractivity contribution < 1.29 is 14.3 Å². The molecule has 150 valence electrons. The average Bonchev–Trinajstić information content (AvgIpc) is 2.74. The summed E-state index contributed by atoms with van der Waals surface area (Å²) in [4.78, 5) is 15.2. The van der Waals surface area contributed by atoms with Crippen molar-refractivity contribution in [2.24, 2.45) is 0 Å². The third-order valence-corrected chi connectivity index (χ3v) is 6.07.